The van der Waals surface area contributed by atoms with Crippen molar-refractivity contribution in [2.45, 2.75) is 12.5 Å². The van der Waals surface area contributed by atoms with Crippen LogP contribution in [0.2, 0.25) is 5.28 Å². The third-order valence-corrected chi connectivity index (χ3v) is 4.40. The minimum atomic E-state index is 0.200. The lowest BCUT2D eigenvalue weighted by Crippen LogP contribution is -2.33. The van der Waals surface area contributed by atoms with Gasteiger partial charge in [-0.3, -0.25) is 4.57 Å². The van der Waals surface area contributed by atoms with E-state index in [0.717, 1.165) is 12.2 Å². The van der Waals surface area contributed by atoms with Gasteiger partial charge in [0.15, 0.2) is 0 Å². The summed E-state index contributed by atoms with van der Waals surface area (Å²) in [5.41, 5.74) is 0. The van der Waals surface area contributed by atoms with Gasteiger partial charge in [0.05, 0.1) is 0 Å². The molecule has 0 amide bonds. The number of thioether (sulfide) groups is 1. The standard InChI is InChI=1S/C11H13ClN6S/c1-17(8-2-5-19-6-8)10-14-9(12)15-11(16-10)18-4-3-13-7-18/h3-4,7-8H,2,5-6H2,1H3. The molecule has 1 saturated heterocycles. The van der Waals surface area contributed by atoms with Crippen LogP contribution in [0.25, 0.3) is 5.95 Å². The third-order valence-electron chi connectivity index (χ3n) is 3.09. The van der Waals surface area contributed by atoms with Gasteiger partial charge in [-0.25, -0.2) is 4.98 Å². The zero-order valence-corrected chi connectivity index (χ0v) is 12.0. The van der Waals surface area contributed by atoms with Crippen molar-refractivity contribution >= 4 is 29.3 Å². The van der Waals surface area contributed by atoms with Crippen LogP contribution in [0, 0.1) is 0 Å². The number of imidazole rings is 1. The zero-order chi connectivity index (χ0) is 13.2. The van der Waals surface area contributed by atoms with Crippen LogP contribution in [0.5, 0.6) is 0 Å². The highest BCUT2D eigenvalue weighted by atomic mass is 35.5. The van der Waals surface area contributed by atoms with Crippen molar-refractivity contribution in [3.8, 4) is 5.95 Å². The van der Waals surface area contributed by atoms with Crippen molar-refractivity contribution in [2.75, 3.05) is 23.5 Å². The second kappa shape index (κ2) is 5.34. The van der Waals surface area contributed by atoms with Crippen molar-refractivity contribution in [3.05, 3.63) is 24.0 Å². The summed E-state index contributed by atoms with van der Waals surface area (Å²) in [6.07, 6.45) is 6.24. The normalized spacial score (nSPS) is 18.7. The molecular weight excluding hydrogens is 284 g/mol. The summed E-state index contributed by atoms with van der Waals surface area (Å²) in [6, 6.07) is 0.458. The number of hydrogen-bond donors (Lipinski definition) is 0. The molecule has 100 valence electrons. The Kier molecular flexibility index (Phi) is 3.56. The molecule has 0 spiro atoms. The van der Waals surface area contributed by atoms with Crippen molar-refractivity contribution in [3.63, 3.8) is 0 Å². The molecule has 6 nitrogen and oxygen atoms in total. The minimum Gasteiger partial charge on any atom is -0.340 e. The molecule has 8 heteroatoms. The topological polar surface area (TPSA) is 59.7 Å². The van der Waals surface area contributed by atoms with Crippen LogP contribution < -0.4 is 4.90 Å². The number of rotatable bonds is 3. The molecule has 0 aromatic carbocycles. The van der Waals surface area contributed by atoms with Crippen molar-refractivity contribution < 1.29 is 0 Å². The molecule has 3 rings (SSSR count). The second-order valence-corrected chi connectivity index (χ2v) is 5.79. The van der Waals surface area contributed by atoms with E-state index in [0.29, 0.717) is 17.9 Å². The molecule has 2 aromatic heterocycles. The monoisotopic (exact) mass is 296 g/mol. The first-order chi connectivity index (χ1) is 9.24. The smallest absolute Gasteiger partial charge is 0.241 e. The molecule has 2 aromatic rings. The Balaban J connectivity index is 1.93. The number of nitrogens with zero attached hydrogens (tertiary/aromatic N) is 6. The maximum Gasteiger partial charge on any atom is 0.241 e. The molecule has 1 atom stereocenters. The predicted molar refractivity (Wildman–Crippen MR) is 76.1 cm³/mol. The molecular formula is C11H13ClN6S. The summed E-state index contributed by atoms with van der Waals surface area (Å²) in [6.45, 7) is 0. The summed E-state index contributed by atoms with van der Waals surface area (Å²) < 4.78 is 1.72. The largest absolute Gasteiger partial charge is 0.340 e. The van der Waals surface area contributed by atoms with Gasteiger partial charge in [0.1, 0.15) is 6.33 Å². The molecule has 3 heterocycles. The van der Waals surface area contributed by atoms with Gasteiger partial charge >= 0.3 is 0 Å². The minimum absolute atomic E-state index is 0.200. The van der Waals surface area contributed by atoms with Gasteiger partial charge in [-0.1, -0.05) is 0 Å². The lowest BCUT2D eigenvalue weighted by atomic mass is 10.2. The Bertz CT molecular complexity index is 554. The molecule has 0 bridgehead atoms. The quantitative estimate of drug-likeness (QED) is 0.858. The molecule has 1 aliphatic rings. The Hall–Kier alpha value is -1.34. The Morgan fingerprint density at radius 3 is 3.00 bits per heavy atom. The highest BCUT2D eigenvalue weighted by molar-refractivity contribution is 7.99. The Morgan fingerprint density at radius 1 is 1.42 bits per heavy atom. The third kappa shape index (κ3) is 2.66. The molecule has 1 unspecified atom stereocenters. The van der Waals surface area contributed by atoms with Gasteiger partial charge in [0.2, 0.25) is 17.2 Å². The summed E-state index contributed by atoms with van der Waals surface area (Å²) >= 11 is 7.94. The summed E-state index contributed by atoms with van der Waals surface area (Å²) in [5.74, 6) is 3.38. The molecule has 0 aliphatic carbocycles. The number of anilines is 1. The van der Waals surface area contributed by atoms with E-state index < -0.39 is 0 Å². The molecule has 0 radical (unpaired) electrons. The maximum atomic E-state index is 5.99. The van der Waals surface area contributed by atoms with Crippen LogP contribution in [-0.2, 0) is 0 Å². The van der Waals surface area contributed by atoms with Crippen LogP contribution in [0.3, 0.4) is 0 Å². The molecule has 19 heavy (non-hydrogen) atoms. The SMILES string of the molecule is CN(c1nc(Cl)nc(-n2ccnc2)n1)C1CCSC1. The average molecular weight is 297 g/mol. The van der Waals surface area contributed by atoms with E-state index in [-0.39, 0.29) is 5.28 Å². The predicted octanol–water partition coefficient (Wildman–Crippen LogP) is 1.65. The van der Waals surface area contributed by atoms with Gasteiger partial charge in [0.25, 0.3) is 0 Å². The van der Waals surface area contributed by atoms with E-state index in [4.69, 9.17) is 11.6 Å². The first-order valence-electron chi connectivity index (χ1n) is 5.94. The summed E-state index contributed by atoms with van der Waals surface area (Å²) in [7, 11) is 2.00. The van der Waals surface area contributed by atoms with Gasteiger partial charge in [-0.05, 0) is 23.8 Å². The number of aromatic nitrogens is 5. The summed E-state index contributed by atoms with van der Waals surface area (Å²) in [5, 5.41) is 0.200. The van der Waals surface area contributed by atoms with Crippen LogP contribution in [0.4, 0.5) is 5.95 Å². The number of halogens is 1. The lowest BCUT2D eigenvalue weighted by molar-refractivity contribution is 0.676. The van der Waals surface area contributed by atoms with Crippen LogP contribution in [-0.4, -0.2) is 49.1 Å². The molecule has 1 aliphatic heterocycles. The van der Waals surface area contributed by atoms with Crippen LogP contribution in [0.15, 0.2) is 18.7 Å². The molecule has 1 fully saturated rings. The van der Waals surface area contributed by atoms with Crippen molar-refractivity contribution in [2.24, 2.45) is 0 Å². The lowest BCUT2D eigenvalue weighted by Gasteiger charge is -2.23. The van der Waals surface area contributed by atoms with E-state index in [1.165, 1.54) is 5.75 Å². The van der Waals surface area contributed by atoms with Crippen molar-refractivity contribution in [1.82, 2.24) is 24.5 Å². The fraction of sp³-hybridized carbons (Fsp3) is 0.455. The molecule has 0 N–H and O–H groups in total. The summed E-state index contributed by atoms with van der Waals surface area (Å²) in [4.78, 5) is 18.8. The van der Waals surface area contributed by atoms with E-state index in [9.17, 15) is 0 Å². The van der Waals surface area contributed by atoms with Gasteiger partial charge in [0, 0.05) is 31.2 Å². The average Bonchev–Trinajstić information content (AvgIpc) is 3.10. The molecule has 0 saturated carbocycles. The van der Waals surface area contributed by atoms with E-state index in [2.05, 4.69) is 24.8 Å². The van der Waals surface area contributed by atoms with Gasteiger partial charge in [-0.2, -0.15) is 26.7 Å². The van der Waals surface area contributed by atoms with Crippen LogP contribution >= 0.6 is 23.4 Å². The van der Waals surface area contributed by atoms with E-state index >= 15 is 0 Å². The Morgan fingerprint density at radius 2 is 2.32 bits per heavy atom. The van der Waals surface area contributed by atoms with Crippen molar-refractivity contribution in [1.29, 1.82) is 0 Å². The van der Waals surface area contributed by atoms with E-state index in [1.807, 2.05) is 18.8 Å². The highest BCUT2D eigenvalue weighted by Crippen LogP contribution is 2.24. The highest BCUT2D eigenvalue weighted by Gasteiger charge is 2.23. The second-order valence-electron chi connectivity index (χ2n) is 4.30. The van der Waals surface area contributed by atoms with Gasteiger partial charge in [-0.15, -0.1) is 0 Å². The number of hydrogen-bond acceptors (Lipinski definition) is 6. The zero-order valence-electron chi connectivity index (χ0n) is 10.4. The maximum absolute atomic E-state index is 5.99. The first-order valence-corrected chi connectivity index (χ1v) is 7.48. The fourth-order valence-electron chi connectivity index (χ4n) is 1.97. The first kappa shape index (κ1) is 12.7. The van der Waals surface area contributed by atoms with Gasteiger partial charge < -0.3 is 4.90 Å². The Labute approximate surface area is 120 Å². The van der Waals surface area contributed by atoms with Crippen LogP contribution in [0.1, 0.15) is 6.42 Å². The van der Waals surface area contributed by atoms with E-state index in [1.54, 1.807) is 23.3 Å². The fourth-order valence-corrected chi connectivity index (χ4v) is 3.39.